The van der Waals surface area contributed by atoms with E-state index in [0.717, 1.165) is 23.7 Å². The number of hydrazine groups is 1. The second kappa shape index (κ2) is 6.27. The predicted octanol–water partition coefficient (Wildman–Crippen LogP) is 2.63. The molecular formula is C11H14Cl2N2OS. The number of nitrogens with one attached hydrogen (secondary N) is 1. The van der Waals surface area contributed by atoms with E-state index in [-0.39, 0.29) is 12.1 Å². The van der Waals surface area contributed by atoms with Gasteiger partial charge in [0.15, 0.2) is 0 Å². The summed E-state index contributed by atoms with van der Waals surface area (Å²) < 4.78 is 5.72. The maximum Gasteiger partial charge on any atom is 0.0873 e. The summed E-state index contributed by atoms with van der Waals surface area (Å²) in [7, 11) is 0. The molecule has 0 spiro atoms. The Hall–Kier alpha value is 0.0300. The lowest BCUT2D eigenvalue weighted by Gasteiger charge is -2.30. The van der Waals surface area contributed by atoms with Crippen molar-refractivity contribution in [1.29, 1.82) is 0 Å². The second-order valence-corrected chi connectivity index (χ2v) is 5.77. The number of benzene rings is 1. The van der Waals surface area contributed by atoms with Gasteiger partial charge in [-0.05, 0) is 17.7 Å². The summed E-state index contributed by atoms with van der Waals surface area (Å²) in [6.45, 7) is 0.759. The van der Waals surface area contributed by atoms with Crippen molar-refractivity contribution < 1.29 is 4.74 Å². The van der Waals surface area contributed by atoms with Gasteiger partial charge in [0, 0.05) is 11.5 Å². The Bertz CT molecular complexity index is 386. The maximum absolute atomic E-state index is 6.01. The van der Waals surface area contributed by atoms with Crippen LogP contribution in [0.4, 0.5) is 0 Å². The summed E-state index contributed by atoms with van der Waals surface area (Å²) in [4.78, 5) is 0. The Kier molecular flexibility index (Phi) is 4.97. The number of halogens is 2. The highest BCUT2D eigenvalue weighted by Gasteiger charge is 2.25. The number of thioether (sulfide) groups is 1. The van der Waals surface area contributed by atoms with Crippen molar-refractivity contribution in [3.63, 3.8) is 0 Å². The van der Waals surface area contributed by atoms with E-state index >= 15 is 0 Å². The maximum atomic E-state index is 6.01. The van der Waals surface area contributed by atoms with E-state index in [9.17, 15) is 0 Å². The van der Waals surface area contributed by atoms with E-state index in [4.69, 9.17) is 33.8 Å². The van der Waals surface area contributed by atoms with Crippen molar-refractivity contribution in [3.05, 3.63) is 33.8 Å². The average molecular weight is 293 g/mol. The van der Waals surface area contributed by atoms with Gasteiger partial charge in [-0.2, -0.15) is 11.8 Å². The molecule has 0 bridgehead atoms. The Morgan fingerprint density at radius 3 is 2.82 bits per heavy atom. The summed E-state index contributed by atoms with van der Waals surface area (Å²) in [6, 6.07) is 5.47. The van der Waals surface area contributed by atoms with E-state index in [1.165, 1.54) is 0 Å². The zero-order valence-corrected chi connectivity index (χ0v) is 11.5. The Labute approximate surface area is 115 Å². The minimum absolute atomic E-state index is 0.0578. The molecule has 1 aromatic rings. The first-order valence-electron chi connectivity index (χ1n) is 5.33. The van der Waals surface area contributed by atoms with Gasteiger partial charge < -0.3 is 4.74 Å². The van der Waals surface area contributed by atoms with Crippen molar-refractivity contribution in [2.24, 2.45) is 5.84 Å². The van der Waals surface area contributed by atoms with Gasteiger partial charge in [-0.3, -0.25) is 11.3 Å². The van der Waals surface area contributed by atoms with Crippen molar-refractivity contribution in [2.45, 2.75) is 12.1 Å². The van der Waals surface area contributed by atoms with Crippen LogP contribution in [0.25, 0.3) is 0 Å². The third-order valence-electron chi connectivity index (χ3n) is 2.70. The number of rotatable bonds is 3. The van der Waals surface area contributed by atoms with Gasteiger partial charge in [-0.1, -0.05) is 29.3 Å². The Morgan fingerprint density at radius 2 is 2.24 bits per heavy atom. The summed E-state index contributed by atoms with van der Waals surface area (Å²) in [5.74, 6) is 7.57. The topological polar surface area (TPSA) is 47.3 Å². The molecule has 0 saturated carbocycles. The second-order valence-electron chi connectivity index (χ2n) is 3.80. The standard InChI is InChI=1S/C11H14Cl2N2OS/c12-8-2-1-7(5-9(8)13)11(15-14)10-6-17-4-3-16-10/h1-2,5,10-11,15H,3-4,6,14H2. The molecule has 17 heavy (non-hydrogen) atoms. The van der Waals surface area contributed by atoms with Gasteiger partial charge >= 0.3 is 0 Å². The fourth-order valence-corrected chi connectivity index (χ4v) is 3.03. The third kappa shape index (κ3) is 3.28. The average Bonchev–Trinajstić information content (AvgIpc) is 2.36. The van der Waals surface area contributed by atoms with Crippen LogP contribution in [0.5, 0.6) is 0 Å². The molecule has 1 aliphatic rings. The summed E-state index contributed by atoms with van der Waals surface area (Å²) in [6.07, 6.45) is 0.0657. The molecule has 2 rings (SSSR count). The molecule has 6 heteroatoms. The van der Waals surface area contributed by atoms with Crippen LogP contribution in [0.3, 0.4) is 0 Å². The summed E-state index contributed by atoms with van der Waals surface area (Å²) in [5.41, 5.74) is 3.79. The zero-order valence-electron chi connectivity index (χ0n) is 9.16. The van der Waals surface area contributed by atoms with E-state index in [0.29, 0.717) is 10.0 Å². The molecule has 0 aromatic heterocycles. The highest BCUT2D eigenvalue weighted by Crippen LogP contribution is 2.29. The van der Waals surface area contributed by atoms with E-state index < -0.39 is 0 Å². The fraction of sp³-hybridized carbons (Fsp3) is 0.455. The molecule has 1 fully saturated rings. The van der Waals surface area contributed by atoms with E-state index in [1.54, 1.807) is 6.07 Å². The van der Waals surface area contributed by atoms with Crippen LogP contribution in [0, 0.1) is 0 Å². The first kappa shape index (κ1) is 13.5. The van der Waals surface area contributed by atoms with Crippen LogP contribution < -0.4 is 11.3 Å². The van der Waals surface area contributed by atoms with Gasteiger partial charge in [-0.25, -0.2) is 0 Å². The first-order chi connectivity index (χ1) is 8.22. The number of hydrogen-bond donors (Lipinski definition) is 2. The molecule has 0 radical (unpaired) electrons. The highest BCUT2D eigenvalue weighted by atomic mass is 35.5. The van der Waals surface area contributed by atoms with Crippen molar-refractivity contribution in [3.8, 4) is 0 Å². The largest absolute Gasteiger partial charge is 0.374 e. The molecule has 1 heterocycles. The number of ether oxygens (including phenoxy) is 1. The van der Waals surface area contributed by atoms with Gasteiger partial charge in [0.25, 0.3) is 0 Å². The van der Waals surface area contributed by atoms with Gasteiger partial charge in [-0.15, -0.1) is 0 Å². The van der Waals surface area contributed by atoms with Gasteiger partial charge in [0.05, 0.1) is 28.8 Å². The lowest BCUT2D eigenvalue weighted by Crippen LogP contribution is -2.41. The molecule has 1 aliphatic heterocycles. The SMILES string of the molecule is NNC(c1ccc(Cl)c(Cl)c1)C1CSCCO1. The fourth-order valence-electron chi connectivity index (χ4n) is 1.82. The lowest BCUT2D eigenvalue weighted by atomic mass is 10.0. The van der Waals surface area contributed by atoms with Crippen LogP contribution in [0.1, 0.15) is 11.6 Å². The van der Waals surface area contributed by atoms with Crippen LogP contribution in [0.15, 0.2) is 18.2 Å². The zero-order chi connectivity index (χ0) is 12.3. The quantitative estimate of drug-likeness (QED) is 0.664. The molecule has 3 nitrogen and oxygen atoms in total. The molecule has 94 valence electrons. The molecule has 3 N–H and O–H groups in total. The third-order valence-corrected chi connectivity index (χ3v) is 4.45. The van der Waals surface area contributed by atoms with E-state index in [1.807, 2.05) is 23.9 Å². The minimum Gasteiger partial charge on any atom is -0.374 e. The normalized spacial score (nSPS) is 22.4. The summed E-state index contributed by atoms with van der Waals surface area (Å²) in [5, 5.41) is 1.08. The van der Waals surface area contributed by atoms with Crippen molar-refractivity contribution >= 4 is 35.0 Å². The highest BCUT2D eigenvalue weighted by molar-refractivity contribution is 7.99. The minimum atomic E-state index is -0.0578. The molecule has 0 aliphatic carbocycles. The Morgan fingerprint density at radius 1 is 1.41 bits per heavy atom. The Balaban J connectivity index is 2.18. The first-order valence-corrected chi connectivity index (χ1v) is 7.24. The molecule has 2 atom stereocenters. The number of hydrogen-bond acceptors (Lipinski definition) is 4. The van der Waals surface area contributed by atoms with Crippen LogP contribution in [-0.2, 0) is 4.74 Å². The van der Waals surface area contributed by atoms with Gasteiger partial charge in [0.1, 0.15) is 0 Å². The molecule has 1 aromatic carbocycles. The van der Waals surface area contributed by atoms with Crippen molar-refractivity contribution in [2.75, 3.05) is 18.1 Å². The van der Waals surface area contributed by atoms with Crippen molar-refractivity contribution in [1.82, 2.24) is 5.43 Å². The lowest BCUT2D eigenvalue weighted by molar-refractivity contribution is 0.0468. The number of nitrogens with two attached hydrogens (primary N) is 1. The van der Waals surface area contributed by atoms with Crippen LogP contribution >= 0.6 is 35.0 Å². The molecule has 1 saturated heterocycles. The molecule has 2 unspecified atom stereocenters. The predicted molar refractivity (Wildman–Crippen MR) is 73.6 cm³/mol. The van der Waals surface area contributed by atoms with E-state index in [2.05, 4.69) is 5.43 Å². The monoisotopic (exact) mass is 292 g/mol. The summed E-state index contributed by atoms with van der Waals surface area (Å²) >= 11 is 13.8. The smallest absolute Gasteiger partial charge is 0.0873 e. The van der Waals surface area contributed by atoms with Crippen LogP contribution in [-0.4, -0.2) is 24.2 Å². The molecular weight excluding hydrogens is 279 g/mol. The van der Waals surface area contributed by atoms with Crippen LogP contribution in [0.2, 0.25) is 10.0 Å². The molecule has 0 amide bonds. The van der Waals surface area contributed by atoms with Gasteiger partial charge in [0.2, 0.25) is 0 Å².